The first-order valence-corrected chi connectivity index (χ1v) is 8.26. The van der Waals surface area contributed by atoms with Crippen LogP contribution >= 0.6 is 0 Å². The van der Waals surface area contributed by atoms with Crippen LogP contribution in [0.5, 0.6) is 0 Å². The van der Waals surface area contributed by atoms with Gasteiger partial charge in [0.2, 0.25) is 0 Å². The molecule has 12 heteroatoms. The van der Waals surface area contributed by atoms with Gasteiger partial charge in [-0.1, -0.05) is 0 Å². The zero-order valence-electron chi connectivity index (χ0n) is 16.1. The number of aliphatic carboxylic acids is 4. The lowest BCUT2D eigenvalue weighted by Crippen LogP contribution is -2.48. The van der Waals surface area contributed by atoms with Crippen LogP contribution < -0.4 is 26.7 Å². The Morgan fingerprint density at radius 3 is 1.77 bits per heavy atom. The molecule has 0 atom stereocenters. The Kier molecular flexibility index (Phi) is 12.3. The fourth-order valence-corrected chi connectivity index (χ4v) is 1.75. The highest BCUT2D eigenvalue weighted by Gasteiger charge is 2.08. The van der Waals surface area contributed by atoms with Gasteiger partial charge in [-0.2, -0.15) is 4.98 Å². The van der Waals surface area contributed by atoms with E-state index in [0.717, 1.165) is 17.8 Å². The van der Waals surface area contributed by atoms with Gasteiger partial charge in [-0.3, -0.25) is 16.5 Å². The first kappa shape index (κ1) is 26.4. The Bertz CT molecular complexity index is 893. The highest BCUT2D eigenvalue weighted by atomic mass is 16.4. The summed E-state index contributed by atoms with van der Waals surface area (Å²) in [6.07, 6.45) is 6.31. The van der Waals surface area contributed by atoms with Gasteiger partial charge in [0, 0.05) is 37.0 Å². The molecule has 2 heterocycles. The molecule has 0 aliphatic carbocycles. The molecule has 12 nitrogen and oxygen atoms in total. The second-order valence-electron chi connectivity index (χ2n) is 5.43. The number of quaternary nitrogens is 1. The van der Waals surface area contributed by atoms with E-state index in [2.05, 4.69) is 15.7 Å². The van der Waals surface area contributed by atoms with Gasteiger partial charge in [0.05, 0.1) is 17.5 Å². The van der Waals surface area contributed by atoms with Gasteiger partial charge in [0.1, 0.15) is 0 Å². The number of nitrogens with zero attached hydrogens (tertiary/aromatic N) is 1. The van der Waals surface area contributed by atoms with Crippen LogP contribution in [0.25, 0.3) is 0 Å². The number of carboxylic acids is 4. The highest BCUT2D eigenvalue weighted by Crippen LogP contribution is 2.11. The van der Waals surface area contributed by atoms with E-state index in [4.69, 9.17) is 15.9 Å². The summed E-state index contributed by atoms with van der Waals surface area (Å²) in [4.78, 5) is 44.9. The van der Waals surface area contributed by atoms with Crippen molar-refractivity contribution in [3.63, 3.8) is 0 Å². The number of carboxylic acid groups (broad SMARTS) is 4. The van der Waals surface area contributed by atoms with E-state index in [-0.39, 0.29) is 0 Å². The van der Waals surface area contributed by atoms with Crippen LogP contribution in [-0.2, 0) is 25.6 Å². The van der Waals surface area contributed by atoms with Crippen molar-refractivity contribution in [3.05, 3.63) is 72.1 Å². The molecule has 8 N–H and O–H groups in total. The number of anilines is 1. The monoisotopic (exact) mass is 432 g/mol. The largest absolute Gasteiger partial charge is 0.545 e. The second-order valence-corrected chi connectivity index (χ2v) is 5.43. The number of rotatable bonds is 6. The highest BCUT2D eigenvalue weighted by molar-refractivity contribution is 5.89. The zero-order valence-corrected chi connectivity index (χ0v) is 16.1. The van der Waals surface area contributed by atoms with E-state index in [1.165, 1.54) is 5.56 Å². The number of aromatic amines is 1. The number of nitrogen functional groups attached to an aromatic ring is 1. The lowest BCUT2D eigenvalue weighted by Gasteiger charge is -2.00. The third kappa shape index (κ3) is 15.1. The van der Waals surface area contributed by atoms with Crippen molar-refractivity contribution in [3.8, 4) is 0 Å². The van der Waals surface area contributed by atoms with Crippen LogP contribution in [0, 0.1) is 0 Å². The maximum absolute atomic E-state index is 9.53. The minimum absolute atomic E-state index is 0.447. The number of nitrogens with two attached hydrogens (primary N) is 1. The molecule has 2 aromatic heterocycles. The number of nitrogens with one attached hydrogen (secondary N) is 1. The Morgan fingerprint density at radius 2 is 1.42 bits per heavy atom. The molecule has 2 aromatic rings. The summed E-state index contributed by atoms with van der Waals surface area (Å²) in [6.45, 7) is 0. The lowest BCUT2D eigenvalue weighted by molar-refractivity contribution is -0.467. The van der Waals surface area contributed by atoms with E-state index < -0.39 is 23.9 Å². The molecule has 0 fully saturated rings. The average Bonchev–Trinajstić information content (AvgIpc) is 2.69. The van der Waals surface area contributed by atoms with Gasteiger partial charge in [-0.15, -0.1) is 0 Å². The molecule has 164 valence electrons. The predicted molar refractivity (Wildman–Crippen MR) is 101 cm³/mol. The molecule has 2 rings (SSSR count). The summed E-state index contributed by atoms with van der Waals surface area (Å²) < 4.78 is 0. The van der Waals surface area contributed by atoms with Crippen molar-refractivity contribution in [1.82, 2.24) is 4.98 Å². The maximum atomic E-state index is 9.53. The third-order valence-electron chi connectivity index (χ3n) is 3.01. The molecular formula is C19H20N4O8. The molecule has 0 saturated carbocycles. The quantitative estimate of drug-likeness (QED) is 0.331. The van der Waals surface area contributed by atoms with E-state index in [9.17, 15) is 29.4 Å². The molecule has 0 bridgehead atoms. The number of H-pyrrole nitrogens is 1. The van der Waals surface area contributed by atoms with Crippen LogP contribution in [0.15, 0.2) is 61.0 Å². The molecule has 0 saturated heterocycles. The van der Waals surface area contributed by atoms with Crippen molar-refractivity contribution < 1.29 is 50.3 Å². The van der Waals surface area contributed by atoms with Crippen molar-refractivity contribution in [2.45, 2.75) is 6.42 Å². The van der Waals surface area contributed by atoms with Crippen molar-refractivity contribution in [2.24, 2.45) is 0 Å². The van der Waals surface area contributed by atoms with Gasteiger partial charge >= 0.3 is 11.9 Å². The molecule has 0 aliphatic rings. The van der Waals surface area contributed by atoms with Crippen LogP contribution in [0.2, 0.25) is 0 Å². The Labute approximate surface area is 175 Å². The molecule has 31 heavy (non-hydrogen) atoms. The lowest BCUT2D eigenvalue weighted by atomic mass is 10.1. The standard InChI is InChI=1S/C11H12N4.2C4H4O4/c12-10-2-1-9(11(13)15-10)7-8-3-5-14-6-4-8;2*5-3(6)1-2-4(7)8/h1-6H,7H2,(H4,12,13,15);2*1-2H,(H,5,6)(H,7,8)/b;2*2-1+. The van der Waals surface area contributed by atoms with Gasteiger partial charge in [0.15, 0.2) is 0 Å². The predicted octanol–water partition coefficient (Wildman–Crippen LogP) is -3.30. The van der Waals surface area contributed by atoms with E-state index in [0.29, 0.717) is 30.1 Å². The van der Waals surface area contributed by atoms with Gasteiger partial charge in [-0.25, -0.2) is 9.59 Å². The van der Waals surface area contributed by atoms with Gasteiger partial charge in [0.25, 0.3) is 11.6 Å². The van der Waals surface area contributed by atoms with E-state index in [1.807, 2.05) is 24.3 Å². The minimum atomic E-state index is -1.51. The van der Waals surface area contributed by atoms with E-state index in [1.54, 1.807) is 12.4 Å². The number of aromatic nitrogens is 2. The summed E-state index contributed by atoms with van der Waals surface area (Å²) >= 11 is 0. The topological polar surface area (TPSA) is 236 Å². The molecule has 0 radical (unpaired) electrons. The second kappa shape index (κ2) is 14.4. The van der Waals surface area contributed by atoms with Crippen LogP contribution in [-0.4, -0.2) is 39.1 Å². The molecular weight excluding hydrogens is 412 g/mol. The SMILES string of the molecule is Nc1ccc(Cc2ccncc2)c([NH3+])[nH+]1.O=C([O-])/C=C/C(=O)O.O=C([O-])/C=C/C(=O)O. The normalized spacial score (nSPS) is 9.84. The summed E-state index contributed by atoms with van der Waals surface area (Å²) in [5, 5.41) is 34.5. The molecule has 0 amide bonds. The average molecular weight is 432 g/mol. The maximum Gasteiger partial charge on any atom is 0.328 e. The van der Waals surface area contributed by atoms with Crippen molar-refractivity contribution >= 4 is 35.5 Å². The van der Waals surface area contributed by atoms with Crippen molar-refractivity contribution in [2.75, 3.05) is 5.73 Å². The van der Waals surface area contributed by atoms with Crippen LogP contribution in [0.3, 0.4) is 0 Å². The van der Waals surface area contributed by atoms with Crippen molar-refractivity contribution in [1.29, 1.82) is 0 Å². The summed E-state index contributed by atoms with van der Waals surface area (Å²) in [5.74, 6) is -4.10. The fourth-order valence-electron chi connectivity index (χ4n) is 1.75. The third-order valence-corrected chi connectivity index (χ3v) is 3.01. The minimum Gasteiger partial charge on any atom is -0.545 e. The summed E-state index contributed by atoms with van der Waals surface area (Å²) in [5.41, 5.74) is 11.9. The number of hydrogen-bond acceptors (Lipinski definition) is 8. The molecule has 0 aromatic carbocycles. The molecule has 0 aliphatic heterocycles. The number of carbonyl (C=O) groups excluding carboxylic acids is 2. The number of carbonyl (C=O) groups is 4. The van der Waals surface area contributed by atoms with Crippen LogP contribution in [0.4, 0.5) is 11.6 Å². The smallest absolute Gasteiger partial charge is 0.328 e. The van der Waals surface area contributed by atoms with Crippen LogP contribution in [0.1, 0.15) is 11.1 Å². The molecule has 0 spiro atoms. The fraction of sp³-hybridized carbons (Fsp3) is 0.0526. The van der Waals surface area contributed by atoms with E-state index >= 15 is 0 Å². The first-order valence-electron chi connectivity index (χ1n) is 8.26. The van der Waals surface area contributed by atoms with Gasteiger partial charge < -0.3 is 30.0 Å². The summed E-state index contributed by atoms with van der Waals surface area (Å²) in [6, 6.07) is 7.84. The van der Waals surface area contributed by atoms with Gasteiger partial charge in [-0.05, 0) is 35.9 Å². The number of pyridine rings is 2. The Morgan fingerprint density at radius 1 is 0.935 bits per heavy atom. The Balaban J connectivity index is 0.000000483. The first-order chi connectivity index (χ1) is 14.5. The molecule has 0 unspecified atom stereocenters. The summed E-state index contributed by atoms with van der Waals surface area (Å²) in [7, 11) is 0. The zero-order chi connectivity index (χ0) is 23.8. The Hall–Kier alpha value is -4.58. The number of hydrogen-bond donors (Lipinski definition) is 4.